The Morgan fingerprint density at radius 3 is 2.33 bits per heavy atom. The first-order valence-electron chi connectivity index (χ1n) is 11.9. The molecule has 0 aliphatic heterocycles. The van der Waals surface area contributed by atoms with Gasteiger partial charge in [0.1, 0.15) is 27.9 Å². The molecule has 0 saturated heterocycles. The van der Waals surface area contributed by atoms with Crippen LogP contribution in [-0.2, 0) is 27.8 Å². The topological polar surface area (TPSA) is 103 Å². The molecule has 202 valence electrons. The normalized spacial score (nSPS) is 11.1. The maximum atomic E-state index is 13.5. The molecule has 4 rings (SSSR count). The number of amides is 1. The quantitative estimate of drug-likeness (QED) is 0.237. The number of carbonyl (C=O) groups excluding carboxylic acids is 1. The van der Waals surface area contributed by atoms with Crippen LogP contribution in [0.15, 0.2) is 95.9 Å². The Bertz CT molecular complexity index is 1560. The average molecular weight is 567 g/mol. The Kier molecular flexibility index (Phi) is 9.08. The van der Waals surface area contributed by atoms with Gasteiger partial charge in [0.25, 0.3) is 0 Å². The van der Waals surface area contributed by atoms with Crippen LogP contribution in [0.2, 0.25) is 5.02 Å². The van der Waals surface area contributed by atoms with E-state index in [-0.39, 0.29) is 29.5 Å². The van der Waals surface area contributed by atoms with Crippen molar-refractivity contribution in [2.24, 2.45) is 0 Å². The fourth-order valence-corrected chi connectivity index (χ4v) is 5.11. The van der Waals surface area contributed by atoms with Crippen LogP contribution in [-0.4, -0.2) is 28.5 Å². The molecule has 0 aromatic heterocycles. The van der Waals surface area contributed by atoms with Crippen LogP contribution in [0.4, 0.5) is 5.69 Å². The predicted molar refractivity (Wildman–Crippen MR) is 150 cm³/mol. The van der Waals surface area contributed by atoms with Gasteiger partial charge in [-0.2, -0.15) is 0 Å². The molecule has 0 atom stereocenters. The first-order chi connectivity index (χ1) is 18.8. The van der Waals surface area contributed by atoms with E-state index in [2.05, 4.69) is 10.0 Å². The van der Waals surface area contributed by atoms with Gasteiger partial charge in [-0.15, -0.1) is 0 Å². The van der Waals surface area contributed by atoms with Crippen LogP contribution >= 0.6 is 11.6 Å². The zero-order chi connectivity index (χ0) is 27.8. The summed E-state index contributed by atoms with van der Waals surface area (Å²) in [6.07, 6.45) is 0.138. The van der Waals surface area contributed by atoms with Gasteiger partial charge in [0.15, 0.2) is 0 Å². The second-order valence-electron chi connectivity index (χ2n) is 8.43. The van der Waals surface area contributed by atoms with Crippen LogP contribution < -0.4 is 24.2 Å². The minimum absolute atomic E-state index is 0.0588. The van der Waals surface area contributed by atoms with E-state index < -0.39 is 10.0 Å². The van der Waals surface area contributed by atoms with Crippen molar-refractivity contribution in [2.45, 2.75) is 17.9 Å². The van der Waals surface area contributed by atoms with Crippen LogP contribution in [0.25, 0.3) is 0 Å². The van der Waals surface area contributed by atoms with Crippen molar-refractivity contribution >= 4 is 33.2 Å². The van der Waals surface area contributed by atoms with Crippen molar-refractivity contribution in [3.8, 4) is 23.0 Å². The fourth-order valence-electron chi connectivity index (χ4n) is 3.77. The number of ether oxygens (including phenoxy) is 3. The predicted octanol–water partition coefficient (Wildman–Crippen LogP) is 5.81. The molecule has 0 spiro atoms. The molecule has 0 aliphatic rings. The van der Waals surface area contributed by atoms with Crippen molar-refractivity contribution in [3.63, 3.8) is 0 Å². The number of hydrogen-bond acceptors (Lipinski definition) is 6. The third-order valence-electron chi connectivity index (χ3n) is 5.70. The van der Waals surface area contributed by atoms with Crippen molar-refractivity contribution in [1.82, 2.24) is 4.72 Å². The van der Waals surface area contributed by atoms with E-state index in [1.165, 1.54) is 26.4 Å². The summed E-state index contributed by atoms with van der Waals surface area (Å²) in [4.78, 5) is 12.5. The summed E-state index contributed by atoms with van der Waals surface area (Å²) in [7, 11) is -1.10. The molecule has 2 N–H and O–H groups in total. The summed E-state index contributed by atoms with van der Waals surface area (Å²) in [5, 5.41) is 3.20. The molecule has 4 aromatic rings. The molecule has 1 amide bonds. The number of halogens is 1. The molecule has 39 heavy (non-hydrogen) atoms. The lowest BCUT2D eigenvalue weighted by Gasteiger charge is -2.16. The molecule has 0 aliphatic carbocycles. The highest BCUT2D eigenvalue weighted by molar-refractivity contribution is 7.89. The molecule has 0 bridgehead atoms. The lowest BCUT2D eigenvalue weighted by atomic mass is 10.1. The standard InChI is InChI=1S/C29H27ClN2O6S/c1-36-24-13-11-21(27(18-24)37-2)19-31-39(34,35)28-17-23(32-29(33)15-20-7-4-3-5-8-20)12-14-26(28)38-25-10-6-9-22(30)16-25/h3-14,16-18,31H,15,19H2,1-2H3,(H,32,33). The second kappa shape index (κ2) is 12.7. The molecule has 8 nitrogen and oxygen atoms in total. The van der Waals surface area contributed by atoms with Crippen molar-refractivity contribution in [2.75, 3.05) is 19.5 Å². The number of anilines is 1. The third-order valence-corrected chi connectivity index (χ3v) is 7.35. The summed E-state index contributed by atoms with van der Waals surface area (Å²) in [6.45, 7) is -0.0588. The SMILES string of the molecule is COc1ccc(CNS(=O)(=O)c2cc(NC(=O)Cc3ccccc3)ccc2Oc2cccc(Cl)c2)c(OC)c1. The van der Waals surface area contributed by atoms with Gasteiger partial charge in [0.2, 0.25) is 15.9 Å². The van der Waals surface area contributed by atoms with E-state index in [1.54, 1.807) is 48.5 Å². The molecular weight excluding hydrogens is 540 g/mol. The third kappa shape index (κ3) is 7.51. The Morgan fingerprint density at radius 2 is 1.62 bits per heavy atom. The molecule has 0 unspecified atom stereocenters. The summed E-state index contributed by atoms with van der Waals surface area (Å²) >= 11 is 6.08. The Morgan fingerprint density at radius 1 is 0.821 bits per heavy atom. The van der Waals surface area contributed by atoms with Gasteiger partial charge < -0.3 is 19.5 Å². The van der Waals surface area contributed by atoms with Gasteiger partial charge in [-0.1, -0.05) is 54.1 Å². The highest BCUT2D eigenvalue weighted by Crippen LogP contribution is 2.33. The Balaban J connectivity index is 1.62. The zero-order valence-electron chi connectivity index (χ0n) is 21.3. The maximum Gasteiger partial charge on any atom is 0.244 e. The number of carbonyl (C=O) groups is 1. The van der Waals surface area contributed by atoms with Crippen molar-refractivity contribution in [3.05, 3.63) is 107 Å². The molecule has 0 heterocycles. The summed E-state index contributed by atoms with van der Waals surface area (Å²) in [5.41, 5.74) is 1.74. The van der Waals surface area contributed by atoms with E-state index in [0.717, 1.165) is 5.56 Å². The van der Waals surface area contributed by atoms with Crippen molar-refractivity contribution < 1.29 is 27.4 Å². The van der Waals surface area contributed by atoms with Crippen LogP contribution in [0.1, 0.15) is 11.1 Å². The largest absolute Gasteiger partial charge is 0.497 e. The number of hydrogen-bond donors (Lipinski definition) is 2. The zero-order valence-corrected chi connectivity index (χ0v) is 22.9. The number of rotatable bonds is 11. The van der Waals surface area contributed by atoms with Crippen LogP contribution in [0, 0.1) is 0 Å². The second-order valence-corrected chi connectivity index (χ2v) is 10.6. The summed E-state index contributed by atoms with van der Waals surface area (Å²) in [5.74, 6) is 1.18. The maximum absolute atomic E-state index is 13.5. The number of nitrogens with one attached hydrogen (secondary N) is 2. The van der Waals surface area contributed by atoms with Crippen LogP contribution in [0.5, 0.6) is 23.0 Å². The molecule has 0 saturated carbocycles. The van der Waals surface area contributed by atoms with E-state index >= 15 is 0 Å². The van der Waals surface area contributed by atoms with Gasteiger partial charge in [-0.05, 0) is 48.0 Å². The number of methoxy groups -OCH3 is 2. The number of sulfonamides is 1. The van der Waals surface area contributed by atoms with Gasteiger partial charge in [-0.25, -0.2) is 13.1 Å². The van der Waals surface area contributed by atoms with E-state index in [9.17, 15) is 13.2 Å². The van der Waals surface area contributed by atoms with Gasteiger partial charge in [0.05, 0.1) is 20.6 Å². The molecular formula is C29H27ClN2O6S. The van der Waals surface area contributed by atoms with Gasteiger partial charge >= 0.3 is 0 Å². The average Bonchev–Trinajstić information content (AvgIpc) is 2.93. The van der Waals surface area contributed by atoms with Gasteiger partial charge in [0, 0.05) is 28.9 Å². The molecule has 10 heteroatoms. The smallest absolute Gasteiger partial charge is 0.244 e. The molecule has 0 radical (unpaired) electrons. The van der Waals surface area contributed by atoms with Gasteiger partial charge in [-0.3, -0.25) is 4.79 Å². The molecule has 4 aromatic carbocycles. The lowest BCUT2D eigenvalue weighted by Crippen LogP contribution is -2.24. The monoisotopic (exact) mass is 566 g/mol. The van der Waals surface area contributed by atoms with Crippen molar-refractivity contribution in [1.29, 1.82) is 0 Å². The minimum Gasteiger partial charge on any atom is -0.497 e. The van der Waals surface area contributed by atoms with E-state index in [4.69, 9.17) is 25.8 Å². The minimum atomic E-state index is -4.12. The first-order valence-corrected chi connectivity index (χ1v) is 13.8. The summed E-state index contributed by atoms with van der Waals surface area (Å²) < 4.78 is 46.2. The van der Waals surface area contributed by atoms with E-state index in [0.29, 0.717) is 33.5 Å². The van der Waals surface area contributed by atoms with Crippen LogP contribution in [0.3, 0.4) is 0 Å². The fraction of sp³-hybridized carbons (Fsp3) is 0.138. The van der Waals surface area contributed by atoms with E-state index in [1.807, 2.05) is 30.3 Å². The first kappa shape index (κ1) is 28.0. The summed E-state index contributed by atoms with van der Waals surface area (Å²) in [6, 6.07) is 25.4. The Labute approximate surface area is 232 Å². The highest BCUT2D eigenvalue weighted by Gasteiger charge is 2.22. The highest BCUT2D eigenvalue weighted by atomic mass is 35.5. The Hall–Kier alpha value is -4.05. The lowest BCUT2D eigenvalue weighted by molar-refractivity contribution is -0.115. The number of benzene rings is 4. The molecule has 0 fully saturated rings.